The minimum Gasteiger partial charge on any atom is -0.381 e. The summed E-state index contributed by atoms with van der Waals surface area (Å²) in [6.07, 6.45) is 5.45. The predicted octanol–water partition coefficient (Wildman–Crippen LogP) is 1.19. The maximum Gasteiger partial charge on any atom is 0.226 e. The lowest BCUT2D eigenvalue weighted by atomic mass is 9.96. The van der Waals surface area contributed by atoms with Gasteiger partial charge in [0.15, 0.2) is 5.82 Å². The SMILES string of the molecule is C1CNCC(Cc2nc(CC3CCOC3)no2)C1. The summed E-state index contributed by atoms with van der Waals surface area (Å²) in [6, 6.07) is 0. The third-order valence-corrected chi connectivity index (χ3v) is 3.87. The molecular weight excluding hydrogens is 230 g/mol. The molecule has 3 heterocycles. The molecule has 0 spiro atoms. The zero-order valence-electron chi connectivity index (χ0n) is 10.7. The molecule has 3 rings (SSSR count). The quantitative estimate of drug-likeness (QED) is 0.871. The Hall–Kier alpha value is -0.940. The van der Waals surface area contributed by atoms with Crippen LogP contribution in [0, 0.1) is 11.8 Å². The normalized spacial score (nSPS) is 28.7. The summed E-state index contributed by atoms with van der Waals surface area (Å²) in [5.74, 6) is 2.88. The van der Waals surface area contributed by atoms with E-state index >= 15 is 0 Å². The van der Waals surface area contributed by atoms with Gasteiger partial charge in [-0.3, -0.25) is 0 Å². The first-order chi connectivity index (χ1) is 8.90. The molecular formula is C13H21N3O2. The van der Waals surface area contributed by atoms with E-state index in [4.69, 9.17) is 9.26 Å². The molecule has 0 aromatic carbocycles. The van der Waals surface area contributed by atoms with E-state index in [2.05, 4.69) is 15.5 Å². The molecule has 2 atom stereocenters. The molecule has 0 saturated carbocycles. The zero-order chi connectivity index (χ0) is 12.2. The zero-order valence-corrected chi connectivity index (χ0v) is 10.7. The van der Waals surface area contributed by atoms with E-state index in [-0.39, 0.29) is 0 Å². The van der Waals surface area contributed by atoms with Crippen LogP contribution in [0.4, 0.5) is 0 Å². The second-order valence-electron chi connectivity index (χ2n) is 5.45. The van der Waals surface area contributed by atoms with Gasteiger partial charge in [0, 0.05) is 26.1 Å². The first-order valence-corrected chi connectivity index (χ1v) is 7.00. The molecule has 1 aromatic rings. The van der Waals surface area contributed by atoms with Gasteiger partial charge >= 0.3 is 0 Å². The molecule has 2 aliphatic heterocycles. The van der Waals surface area contributed by atoms with Crippen LogP contribution in [-0.4, -0.2) is 36.4 Å². The van der Waals surface area contributed by atoms with Gasteiger partial charge in [0.05, 0.1) is 0 Å². The highest BCUT2D eigenvalue weighted by molar-refractivity contribution is 4.91. The fourth-order valence-corrected chi connectivity index (χ4v) is 2.80. The van der Waals surface area contributed by atoms with Gasteiger partial charge in [0.2, 0.25) is 5.89 Å². The minimum absolute atomic E-state index is 0.576. The van der Waals surface area contributed by atoms with Crippen molar-refractivity contribution in [1.29, 1.82) is 0 Å². The Bertz CT molecular complexity index is 368. The van der Waals surface area contributed by atoms with Crippen LogP contribution >= 0.6 is 0 Å². The lowest BCUT2D eigenvalue weighted by Crippen LogP contribution is -2.30. The highest BCUT2D eigenvalue weighted by Crippen LogP contribution is 2.18. The number of hydrogen-bond donors (Lipinski definition) is 1. The first-order valence-electron chi connectivity index (χ1n) is 7.00. The number of nitrogens with zero attached hydrogens (tertiary/aromatic N) is 2. The fourth-order valence-electron chi connectivity index (χ4n) is 2.80. The van der Waals surface area contributed by atoms with E-state index in [9.17, 15) is 0 Å². The van der Waals surface area contributed by atoms with Gasteiger partial charge in [-0.1, -0.05) is 5.16 Å². The number of piperidine rings is 1. The van der Waals surface area contributed by atoms with Gasteiger partial charge in [-0.05, 0) is 44.2 Å². The van der Waals surface area contributed by atoms with Gasteiger partial charge in [-0.25, -0.2) is 0 Å². The molecule has 0 bridgehead atoms. The number of aromatic nitrogens is 2. The predicted molar refractivity (Wildman–Crippen MR) is 66.2 cm³/mol. The van der Waals surface area contributed by atoms with Gasteiger partial charge in [0.1, 0.15) is 0 Å². The van der Waals surface area contributed by atoms with Crippen molar-refractivity contribution in [3.63, 3.8) is 0 Å². The molecule has 18 heavy (non-hydrogen) atoms. The maximum absolute atomic E-state index is 5.36. The van der Waals surface area contributed by atoms with Crippen LogP contribution < -0.4 is 5.32 Å². The fraction of sp³-hybridized carbons (Fsp3) is 0.846. The average Bonchev–Trinajstić information content (AvgIpc) is 3.03. The molecule has 2 unspecified atom stereocenters. The first kappa shape index (κ1) is 12.1. The highest BCUT2D eigenvalue weighted by Gasteiger charge is 2.21. The average molecular weight is 251 g/mol. The molecule has 2 aliphatic rings. The Kier molecular flexibility index (Phi) is 3.90. The van der Waals surface area contributed by atoms with Crippen LogP contribution in [0.3, 0.4) is 0 Å². The maximum atomic E-state index is 5.36. The summed E-state index contributed by atoms with van der Waals surface area (Å²) < 4.78 is 10.7. The smallest absolute Gasteiger partial charge is 0.226 e. The number of rotatable bonds is 4. The van der Waals surface area contributed by atoms with Gasteiger partial charge < -0.3 is 14.6 Å². The Morgan fingerprint density at radius 3 is 3.00 bits per heavy atom. The molecule has 0 radical (unpaired) electrons. The summed E-state index contributed by atoms with van der Waals surface area (Å²) in [5, 5.41) is 7.50. The Balaban J connectivity index is 1.52. The number of ether oxygens (including phenoxy) is 1. The second-order valence-corrected chi connectivity index (χ2v) is 5.45. The summed E-state index contributed by atoms with van der Waals surface area (Å²) in [5.41, 5.74) is 0. The standard InChI is InChI=1S/C13H21N3O2/c1-2-10(8-14-4-1)7-13-15-12(16-18-13)6-11-3-5-17-9-11/h10-11,14H,1-9H2. The summed E-state index contributed by atoms with van der Waals surface area (Å²) in [4.78, 5) is 4.51. The second kappa shape index (κ2) is 5.80. The van der Waals surface area contributed by atoms with E-state index in [1.165, 1.54) is 12.8 Å². The monoisotopic (exact) mass is 251 g/mol. The Labute approximate surface area is 107 Å². The number of nitrogens with one attached hydrogen (secondary N) is 1. The Morgan fingerprint density at radius 1 is 1.22 bits per heavy atom. The molecule has 0 aliphatic carbocycles. The van der Waals surface area contributed by atoms with Gasteiger partial charge in [-0.2, -0.15) is 4.98 Å². The third-order valence-electron chi connectivity index (χ3n) is 3.87. The van der Waals surface area contributed by atoms with Crippen molar-refractivity contribution in [2.45, 2.75) is 32.1 Å². The van der Waals surface area contributed by atoms with Crippen molar-refractivity contribution in [2.24, 2.45) is 11.8 Å². The number of hydrogen-bond acceptors (Lipinski definition) is 5. The molecule has 2 saturated heterocycles. The molecule has 0 amide bonds. The minimum atomic E-state index is 0.576. The van der Waals surface area contributed by atoms with E-state index in [0.717, 1.165) is 57.3 Å². The topological polar surface area (TPSA) is 60.2 Å². The van der Waals surface area contributed by atoms with Crippen LogP contribution in [0.25, 0.3) is 0 Å². The molecule has 100 valence electrons. The molecule has 5 heteroatoms. The van der Waals surface area contributed by atoms with Crippen molar-refractivity contribution < 1.29 is 9.26 Å². The van der Waals surface area contributed by atoms with Crippen molar-refractivity contribution in [2.75, 3.05) is 26.3 Å². The van der Waals surface area contributed by atoms with Crippen molar-refractivity contribution >= 4 is 0 Å². The van der Waals surface area contributed by atoms with Crippen LogP contribution in [0.1, 0.15) is 31.0 Å². The van der Waals surface area contributed by atoms with E-state index in [1.54, 1.807) is 0 Å². The lowest BCUT2D eigenvalue weighted by Gasteiger charge is -2.20. The molecule has 1 N–H and O–H groups in total. The van der Waals surface area contributed by atoms with Crippen molar-refractivity contribution in [3.8, 4) is 0 Å². The lowest BCUT2D eigenvalue weighted by molar-refractivity contribution is 0.185. The third kappa shape index (κ3) is 3.09. The van der Waals surface area contributed by atoms with Crippen LogP contribution in [0.5, 0.6) is 0 Å². The van der Waals surface area contributed by atoms with Crippen molar-refractivity contribution in [1.82, 2.24) is 15.5 Å². The van der Waals surface area contributed by atoms with E-state index in [1.807, 2.05) is 0 Å². The van der Waals surface area contributed by atoms with E-state index in [0.29, 0.717) is 11.8 Å². The largest absolute Gasteiger partial charge is 0.381 e. The van der Waals surface area contributed by atoms with Gasteiger partial charge in [0.25, 0.3) is 0 Å². The van der Waals surface area contributed by atoms with Gasteiger partial charge in [-0.15, -0.1) is 0 Å². The highest BCUT2D eigenvalue weighted by atomic mass is 16.5. The van der Waals surface area contributed by atoms with Crippen LogP contribution in [0.2, 0.25) is 0 Å². The van der Waals surface area contributed by atoms with Crippen LogP contribution in [-0.2, 0) is 17.6 Å². The summed E-state index contributed by atoms with van der Waals surface area (Å²) >= 11 is 0. The van der Waals surface area contributed by atoms with Crippen LogP contribution in [0.15, 0.2) is 4.52 Å². The molecule has 2 fully saturated rings. The molecule has 5 nitrogen and oxygen atoms in total. The van der Waals surface area contributed by atoms with Crippen molar-refractivity contribution in [3.05, 3.63) is 11.7 Å². The summed E-state index contributed by atoms with van der Waals surface area (Å²) in [6.45, 7) is 3.95. The Morgan fingerprint density at radius 2 is 2.22 bits per heavy atom. The van der Waals surface area contributed by atoms with E-state index < -0.39 is 0 Å². The molecule has 1 aromatic heterocycles. The summed E-state index contributed by atoms with van der Waals surface area (Å²) in [7, 11) is 0.